The van der Waals surface area contributed by atoms with Gasteiger partial charge in [-0.05, 0) is 32.4 Å². The van der Waals surface area contributed by atoms with Gasteiger partial charge in [0.25, 0.3) is 0 Å². The van der Waals surface area contributed by atoms with Crippen molar-refractivity contribution in [2.75, 3.05) is 24.7 Å². The van der Waals surface area contributed by atoms with Gasteiger partial charge in [0.15, 0.2) is 5.66 Å². The molecule has 148 valence electrons. The Morgan fingerprint density at radius 1 is 1.37 bits per heavy atom. The van der Waals surface area contributed by atoms with E-state index in [1.165, 1.54) is 0 Å². The topological polar surface area (TPSA) is 119 Å². The summed E-state index contributed by atoms with van der Waals surface area (Å²) in [5, 5.41) is 9.23. The highest BCUT2D eigenvalue weighted by molar-refractivity contribution is 7.17. The van der Waals surface area contributed by atoms with Gasteiger partial charge in [0.2, 0.25) is 6.41 Å². The van der Waals surface area contributed by atoms with Crippen LogP contribution in [0.5, 0.6) is 0 Å². The first-order valence-corrected chi connectivity index (χ1v) is 9.22. The van der Waals surface area contributed by atoms with Crippen molar-refractivity contribution >= 4 is 34.7 Å². The van der Waals surface area contributed by atoms with Gasteiger partial charge < -0.3 is 14.6 Å². The molecule has 0 fully saturated rings. The molecule has 0 unspecified atom stereocenters. The van der Waals surface area contributed by atoms with Crippen molar-refractivity contribution in [1.82, 2.24) is 0 Å². The predicted octanol–water partition coefficient (Wildman–Crippen LogP) is 0.925. The minimum Gasteiger partial charge on any atom is -0.466 e. The second kappa shape index (κ2) is 10.7. The zero-order chi connectivity index (χ0) is 20.4. The van der Waals surface area contributed by atoms with E-state index < -0.39 is 17.6 Å². The first-order valence-electron chi connectivity index (χ1n) is 8.40. The number of ether oxygens (including phenoxy) is 2. The Morgan fingerprint density at radius 2 is 2.04 bits per heavy atom. The van der Waals surface area contributed by atoms with Gasteiger partial charge in [-0.3, -0.25) is 20.2 Å². The van der Waals surface area contributed by atoms with Crippen LogP contribution in [0.3, 0.4) is 0 Å². The Labute approximate surface area is 162 Å². The Bertz CT molecular complexity index is 736. The quantitative estimate of drug-likeness (QED) is 0.276. The van der Waals surface area contributed by atoms with Crippen molar-refractivity contribution in [2.24, 2.45) is 5.73 Å². The summed E-state index contributed by atoms with van der Waals surface area (Å²) in [7, 11) is 0. The van der Waals surface area contributed by atoms with E-state index in [9.17, 15) is 14.4 Å². The zero-order valence-corrected chi connectivity index (χ0v) is 16.4. The maximum atomic E-state index is 12.5. The molecule has 27 heavy (non-hydrogen) atoms. The highest BCUT2D eigenvalue weighted by Gasteiger charge is 2.44. The summed E-state index contributed by atoms with van der Waals surface area (Å²) in [6, 6.07) is 1.72. The number of anilines is 1. The fourth-order valence-electron chi connectivity index (χ4n) is 2.33. The smallest absolute Gasteiger partial charge is 0.347 e. The van der Waals surface area contributed by atoms with E-state index in [0.29, 0.717) is 21.9 Å². The summed E-state index contributed by atoms with van der Waals surface area (Å²) < 4.78 is 9.92. The molecule has 0 aliphatic carbocycles. The fraction of sp³-hybridized carbons (Fsp3) is 0.500. The van der Waals surface area contributed by atoms with Crippen LogP contribution in [-0.2, 0) is 23.9 Å². The molecule has 1 amide bonds. The van der Waals surface area contributed by atoms with E-state index in [1.54, 1.807) is 26.8 Å². The summed E-state index contributed by atoms with van der Waals surface area (Å²) in [6.07, 6.45) is 0.109. The molecule has 0 spiro atoms. The lowest BCUT2D eigenvalue weighted by molar-refractivity contribution is -0.151. The Morgan fingerprint density at radius 3 is 2.59 bits per heavy atom. The van der Waals surface area contributed by atoms with Gasteiger partial charge in [0, 0.05) is 12.8 Å². The molecule has 0 aliphatic rings. The van der Waals surface area contributed by atoms with Gasteiger partial charge in [-0.2, -0.15) is 0 Å². The number of esters is 2. The summed E-state index contributed by atoms with van der Waals surface area (Å²) >= 11 is 1.15. The molecular formula is C18H24N2O6S. The molecular weight excluding hydrogens is 372 g/mol. The average molecular weight is 396 g/mol. The summed E-state index contributed by atoms with van der Waals surface area (Å²) in [5.74, 6) is 3.93. The van der Waals surface area contributed by atoms with Gasteiger partial charge in [0.1, 0.15) is 11.6 Å². The minimum absolute atomic E-state index is 0.0700. The van der Waals surface area contributed by atoms with Crippen molar-refractivity contribution in [1.29, 1.82) is 0 Å². The van der Waals surface area contributed by atoms with Crippen LogP contribution in [0.1, 0.15) is 37.1 Å². The molecule has 0 aromatic carbocycles. The maximum absolute atomic E-state index is 12.5. The third-order valence-corrected chi connectivity index (χ3v) is 4.73. The van der Waals surface area contributed by atoms with Crippen molar-refractivity contribution in [2.45, 2.75) is 39.3 Å². The lowest BCUT2D eigenvalue weighted by Crippen LogP contribution is -2.62. The normalized spacial score (nSPS) is 12.3. The number of carbonyl (C=O) groups excluding carboxylic acids is 3. The standard InChI is InChI=1S/C18H24N2O6S/c1-4-25-15(23)8-9-18(19,17(24)26-5-2)20(12-22)16-13(3)11-14(27-16)7-6-10-21/h11-12,21H,4-5,8-10,19H2,1-3H3/t18-/m1/s1. The van der Waals surface area contributed by atoms with Crippen molar-refractivity contribution in [3.63, 3.8) is 0 Å². The molecule has 1 aromatic heterocycles. The van der Waals surface area contributed by atoms with Crippen molar-refractivity contribution in [3.05, 3.63) is 16.5 Å². The summed E-state index contributed by atoms with van der Waals surface area (Å²) in [4.78, 5) is 37.8. The van der Waals surface area contributed by atoms with Crippen molar-refractivity contribution < 1.29 is 29.0 Å². The number of hydrogen-bond acceptors (Lipinski definition) is 8. The van der Waals surface area contributed by atoms with Gasteiger partial charge in [0.05, 0.1) is 18.1 Å². The second-order valence-corrected chi connectivity index (χ2v) is 6.51. The van der Waals surface area contributed by atoms with Crippen LogP contribution in [0.4, 0.5) is 5.00 Å². The van der Waals surface area contributed by atoms with Crippen LogP contribution >= 0.6 is 11.3 Å². The van der Waals surface area contributed by atoms with Gasteiger partial charge in [-0.15, -0.1) is 11.3 Å². The molecule has 1 atom stereocenters. The van der Waals surface area contributed by atoms with Crippen LogP contribution in [0.2, 0.25) is 0 Å². The first kappa shape index (κ1) is 22.6. The third-order valence-electron chi connectivity index (χ3n) is 3.58. The van der Waals surface area contributed by atoms with E-state index in [0.717, 1.165) is 16.2 Å². The number of nitrogens with zero attached hydrogens (tertiary/aromatic N) is 1. The maximum Gasteiger partial charge on any atom is 0.347 e. The zero-order valence-electron chi connectivity index (χ0n) is 15.6. The largest absolute Gasteiger partial charge is 0.466 e. The van der Waals surface area contributed by atoms with E-state index in [2.05, 4.69) is 11.8 Å². The fourth-order valence-corrected chi connectivity index (χ4v) is 3.42. The molecule has 1 aromatic rings. The van der Waals surface area contributed by atoms with Gasteiger partial charge in [-0.1, -0.05) is 11.8 Å². The molecule has 0 radical (unpaired) electrons. The Hall–Kier alpha value is -2.41. The van der Waals surface area contributed by atoms with Crippen molar-refractivity contribution in [3.8, 4) is 11.8 Å². The number of amides is 1. The number of thiophene rings is 1. The lowest BCUT2D eigenvalue weighted by atomic mass is 10.0. The van der Waals surface area contributed by atoms with Crippen LogP contribution in [0.25, 0.3) is 0 Å². The lowest BCUT2D eigenvalue weighted by Gasteiger charge is -2.35. The predicted molar refractivity (Wildman–Crippen MR) is 101 cm³/mol. The monoisotopic (exact) mass is 396 g/mol. The molecule has 8 nitrogen and oxygen atoms in total. The molecule has 9 heteroatoms. The summed E-state index contributed by atoms with van der Waals surface area (Å²) in [6.45, 7) is 5.00. The van der Waals surface area contributed by atoms with Crippen LogP contribution in [0, 0.1) is 18.8 Å². The van der Waals surface area contributed by atoms with E-state index in [-0.39, 0.29) is 32.7 Å². The third kappa shape index (κ3) is 5.79. The van der Waals surface area contributed by atoms with E-state index in [4.69, 9.17) is 20.3 Å². The van der Waals surface area contributed by atoms with Gasteiger partial charge >= 0.3 is 11.9 Å². The van der Waals surface area contributed by atoms with Gasteiger partial charge in [-0.25, -0.2) is 4.79 Å². The van der Waals surface area contributed by atoms with Crippen LogP contribution < -0.4 is 10.6 Å². The first-order chi connectivity index (χ1) is 12.8. The highest BCUT2D eigenvalue weighted by atomic mass is 32.1. The van der Waals surface area contributed by atoms with E-state index >= 15 is 0 Å². The minimum atomic E-state index is -1.87. The van der Waals surface area contributed by atoms with Crippen LogP contribution in [-0.4, -0.2) is 48.9 Å². The molecule has 1 heterocycles. The molecule has 0 saturated heterocycles. The SMILES string of the molecule is CCOC(=O)CC[C@](N)(C(=O)OCC)N(C=O)c1sc(C#CCO)cc1C. The molecule has 0 saturated carbocycles. The number of rotatable bonds is 9. The number of aliphatic hydroxyl groups excluding tert-OH is 1. The molecule has 1 rings (SSSR count). The summed E-state index contributed by atoms with van der Waals surface area (Å²) in [5.41, 5.74) is 5.08. The second-order valence-electron chi connectivity index (χ2n) is 5.48. The number of aryl methyl sites for hydroxylation is 1. The molecule has 0 bridgehead atoms. The Kier molecular flexibility index (Phi) is 8.94. The molecule has 3 N–H and O–H groups in total. The number of nitrogens with two attached hydrogens (primary N) is 1. The highest BCUT2D eigenvalue weighted by Crippen LogP contribution is 2.34. The number of carbonyl (C=O) groups is 3. The number of hydrogen-bond donors (Lipinski definition) is 2. The van der Waals surface area contributed by atoms with E-state index in [1.807, 2.05) is 0 Å². The molecule has 0 aliphatic heterocycles. The average Bonchev–Trinajstić information content (AvgIpc) is 2.99. The van der Waals surface area contributed by atoms with Crippen LogP contribution in [0.15, 0.2) is 6.07 Å². The number of aliphatic hydroxyl groups is 1. The Balaban J connectivity index is 3.27.